The standard InChI is InChI=1S/C20H23Cl2N3O3/c1-11-10-25(9-7-12-2-5-14(21)17(22)16(11)12)15(26)6-8-20(13-3-4-13)18(27)23-19(28)24-20/h2,5,11,13H,3-4,6-10H2,1H3,(H2,23,24,27,28)/t11?,20-/m0/s1. The van der Waals surface area contributed by atoms with Crippen LogP contribution in [0.15, 0.2) is 12.1 Å². The summed E-state index contributed by atoms with van der Waals surface area (Å²) in [7, 11) is 0. The van der Waals surface area contributed by atoms with E-state index in [2.05, 4.69) is 10.6 Å². The van der Waals surface area contributed by atoms with Crippen molar-refractivity contribution in [3.63, 3.8) is 0 Å². The average Bonchev–Trinajstić information content (AvgIpc) is 3.46. The Kier molecular flexibility index (Phi) is 5.04. The molecular formula is C20H23Cl2N3O3. The number of benzene rings is 1. The van der Waals surface area contributed by atoms with Crippen LogP contribution >= 0.6 is 23.2 Å². The first-order chi connectivity index (χ1) is 13.3. The maximum atomic E-state index is 13.0. The van der Waals surface area contributed by atoms with Crippen molar-refractivity contribution in [2.24, 2.45) is 5.92 Å². The number of fused-ring (bicyclic) bond motifs is 1. The van der Waals surface area contributed by atoms with Crippen LogP contribution in [-0.4, -0.2) is 41.4 Å². The number of nitrogens with one attached hydrogen (secondary N) is 2. The lowest BCUT2D eigenvalue weighted by molar-refractivity contribution is -0.132. The Bertz CT molecular complexity index is 855. The minimum atomic E-state index is -0.927. The van der Waals surface area contributed by atoms with E-state index in [0.717, 1.165) is 24.0 Å². The molecule has 6 nitrogen and oxygen atoms in total. The summed E-state index contributed by atoms with van der Waals surface area (Å²) in [5.41, 5.74) is 1.21. The van der Waals surface area contributed by atoms with Crippen LogP contribution in [0.3, 0.4) is 0 Å². The third-order valence-electron chi connectivity index (χ3n) is 6.19. The molecule has 1 unspecified atom stereocenters. The monoisotopic (exact) mass is 423 g/mol. The van der Waals surface area contributed by atoms with E-state index in [1.807, 2.05) is 17.9 Å². The number of carbonyl (C=O) groups excluding carboxylic acids is 3. The van der Waals surface area contributed by atoms with E-state index >= 15 is 0 Å². The molecule has 8 heteroatoms. The van der Waals surface area contributed by atoms with Crippen molar-refractivity contribution < 1.29 is 14.4 Å². The summed E-state index contributed by atoms with van der Waals surface area (Å²) in [6.07, 6.45) is 3.07. The molecule has 3 aliphatic rings. The van der Waals surface area contributed by atoms with E-state index in [-0.39, 0.29) is 30.1 Å². The quantitative estimate of drug-likeness (QED) is 0.729. The Morgan fingerprint density at radius 1 is 1.29 bits per heavy atom. The van der Waals surface area contributed by atoms with Crippen LogP contribution in [0, 0.1) is 5.92 Å². The number of nitrogens with zero attached hydrogens (tertiary/aromatic N) is 1. The SMILES string of the molecule is CC1CN(C(=O)CC[C@@]2(C3CC3)NC(=O)NC2=O)CCc2ccc(Cl)c(Cl)c21. The van der Waals surface area contributed by atoms with Crippen LogP contribution < -0.4 is 10.6 Å². The highest BCUT2D eigenvalue weighted by Gasteiger charge is 2.55. The van der Waals surface area contributed by atoms with E-state index in [1.54, 1.807) is 6.07 Å². The molecule has 4 amide bonds. The molecule has 28 heavy (non-hydrogen) atoms. The first-order valence-corrected chi connectivity index (χ1v) is 10.5. The summed E-state index contributed by atoms with van der Waals surface area (Å²) >= 11 is 12.6. The van der Waals surface area contributed by atoms with Crippen molar-refractivity contribution in [3.05, 3.63) is 33.3 Å². The van der Waals surface area contributed by atoms with Gasteiger partial charge in [0.05, 0.1) is 10.0 Å². The minimum absolute atomic E-state index is 0.00384. The Balaban J connectivity index is 1.45. The Hall–Kier alpha value is -1.79. The second-order valence-electron chi connectivity index (χ2n) is 8.08. The van der Waals surface area contributed by atoms with Crippen molar-refractivity contribution in [3.8, 4) is 0 Å². The topological polar surface area (TPSA) is 78.5 Å². The van der Waals surface area contributed by atoms with Gasteiger partial charge >= 0.3 is 6.03 Å². The van der Waals surface area contributed by atoms with Gasteiger partial charge in [-0.15, -0.1) is 0 Å². The van der Waals surface area contributed by atoms with Gasteiger partial charge in [0.2, 0.25) is 5.91 Å². The lowest BCUT2D eigenvalue weighted by Crippen LogP contribution is -2.50. The predicted molar refractivity (Wildman–Crippen MR) is 107 cm³/mol. The number of carbonyl (C=O) groups is 3. The summed E-state index contributed by atoms with van der Waals surface area (Å²) in [6, 6.07) is 3.32. The van der Waals surface area contributed by atoms with Gasteiger partial charge in [-0.25, -0.2) is 4.79 Å². The molecule has 1 aromatic rings. The van der Waals surface area contributed by atoms with Crippen LogP contribution in [0.1, 0.15) is 49.7 Å². The molecule has 1 aliphatic carbocycles. The second-order valence-corrected chi connectivity index (χ2v) is 8.86. The van der Waals surface area contributed by atoms with E-state index in [0.29, 0.717) is 36.0 Å². The number of urea groups is 1. The van der Waals surface area contributed by atoms with Gasteiger partial charge in [-0.2, -0.15) is 0 Å². The normalized spacial score (nSPS) is 27.1. The summed E-state index contributed by atoms with van der Waals surface area (Å²) < 4.78 is 0. The summed E-state index contributed by atoms with van der Waals surface area (Å²) in [6.45, 7) is 3.20. The Morgan fingerprint density at radius 3 is 2.68 bits per heavy atom. The fourth-order valence-corrected chi connectivity index (χ4v) is 5.10. The molecule has 2 fully saturated rings. The first kappa shape index (κ1) is 19.5. The lowest BCUT2D eigenvalue weighted by Gasteiger charge is -2.28. The molecule has 0 bridgehead atoms. The summed E-state index contributed by atoms with van der Waals surface area (Å²) in [5.74, 6) is -0.110. The number of halogens is 2. The molecule has 4 rings (SSSR count). The van der Waals surface area contributed by atoms with Crippen molar-refractivity contribution >= 4 is 41.0 Å². The van der Waals surface area contributed by atoms with Gasteiger partial charge < -0.3 is 10.2 Å². The van der Waals surface area contributed by atoms with Crippen LogP contribution in [0.2, 0.25) is 10.0 Å². The van der Waals surface area contributed by atoms with Gasteiger partial charge in [0, 0.05) is 25.4 Å². The molecule has 0 spiro atoms. The molecule has 0 aromatic heterocycles. The third kappa shape index (κ3) is 3.37. The number of rotatable bonds is 4. The van der Waals surface area contributed by atoms with Crippen LogP contribution in [0.4, 0.5) is 4.79 Å². The van der Waals surface area contributed by atoms with E-state index in [9.17, 15) is 14.4 Å². The molecule has 2 N–H and O–H groups in total. The van der Waals surface area contributed by atoms with Crippen molar-refractivity contribution in [2.45, 2.75) is 50.5 Å². The number of amides is 4. The zero-order chi connectivity index (χ0) is 20.1. The number of hydrogen-bond donors (Lipinski definition) is 2. The zero-order valence-corrected chi connectivity index (χ0v) is 17.2. The van der Waals surface area contributed by atoms with Crippen molar-refractivity contribution in [2.75, 3.05) is 13.1 Å². The maximum Gasteiger partial charge on any atom is 0.322 e. The molecule has 2 aliphatic heterocycles. The molecule has 1 saturated carbocycles. The molecule has 2 atom stereocenters. The van der Waals surface area contributed by atoms with Crippen molar-refractivity contribution in [1.29, 1.82) is 0 Å². The number of hydrogen-bond acceptors (Lipinski definition) is 3. The fourth-order valence-electron chi connectivity index (χ4n) is 4.56. The second kappa shape index (κ2) is 7.23. The van der Waals surface area contributed by atoms with Crippen molar-refractivity contribution in [1.82, 2.24) is 15.5 Å². The molecule has 1 aromatic carbocycles. The minimum Gasteiger partial charge on any atom is -0.342 e. The van der Waals surface area contributed by atoms with Gasteiger partial charge in [-0.3, -0.25) is 14.9 Å². The van der Waals surface area contributed by atoms with Gasteiger partial charge in [0.1, 0.15) is 5.54 Å². The van der Waals surface area contributed by atoms with Crippen LogP contribution in [-0.2, 0) is 16.0 Å². The predicted octanol–water partition coefficient (Wildman–Crippen LogP) is 3.25. The van der Waals surface area contributed by atoms with Crippen LogP contribution in [0.5, 0.6) is 0 Å². The van der Waals surface area contributed by atoms with Crippen LogP contribution in [0.25, 0.3) is 0 Å². The van der Waals surface area contributed by atoms with E-state index < -0.39 is 11.6 Å². The van der Waals surface area contributed by atoms with Gasteiger partial charge in [-0.05, 0) is 48.8 Å². The van der Waals surface area contributed by atoms with E-state index in [1.165, 1.54) is 0 Å². The fraction of sp³-hybridized carbons (Fsp3) is 0.550. The van der Waals surface area contributed by atoms with Gasteiger partial charge in [0.25, 0.3) is 5.91 Å². The highest BCUT2D eigenvalue weighted by atomic mass is 35.5. The highest BCUT2D eigenvalue weighted by molar-refractivity contribution is 6.42. The molecule has 1 saturated heterocycles. The lowest BCUT2D eigenvalue weighted by atomic mass is 9.87. The average molecular weight is 424 g/mol. The molecule has 150 valence electrons. The summed E-state index contributed by atoms with van der Waals surface area (Å²) in [4.78, 5) is 38.8. The van der Waals surface area contributed by atoms with E-state index in [4.69, 9.17) is 23.2 Å². The zero-order valence-electron chi connectivity index (χ0n) is 15.7. The Labute approximate surface area is 173 Å². The molecule has 0 radical (unpaired) electrons. The number of imide groups is 1. The largest absolute Gasteiger partial charge is 0.342 e. The first-order valence-electron chi connectivity index (χ1n) is 9.70. The maximum absolute atomic E-state index is 13.0. The smallest absolute Gasteiger partial charge is 0.322 e. The third-order valence-corrected chi connectivity index (χ3v) is 7.01. The van der Waals surface area contributed by atoms with Gasteiger partial charge in [0.15, 0.2) is 0 Å². The summed E-state index contributed by atoms with van der Waals surface area (Å²) in [5, 5.41) is 6.21. The highest BCUT2D eigenvalue weighted by Crippen LogP contribution is 2.44. The molecule has 2 heterocycles. The Morgan fingerprint density at radius 2 is 2.04 bits per heavy atom. The molecular weight excluding hydrogens is 401 g/mol. The van der Waals surface area contributed by atoms with Gasteiger partial charge in [-0.1, -0.05) is 36.2 Å².